The third kappa shape index (κ3) is 3.58. The van der Waals surface area contributed by atoms with Gasteiger partial charge in [-0.15, -0.1) is 0 Å². The Morgan fingerprint density at radius 3 is 2.14 bits per heavy atom. The summed E-state index contributed by atoms with van der Waals surface area (Å²) in [6.07, 6.45) is 0.635. The van der Waals surface area contributed by atoms with Crippen LogP contribution in [0.3, 0.4) is 0 Å². The Morgan fingerprint density at radius 1 is 1.10 bits per heavy atom. The van der Waals surface area contributed by atoms with E-state index in [1.807, 2.05) is 0 Å². The molecule has 2 nitrogen and oxygen atoms in total. The molecule has 0 aliphatic heterocycles. The van der Waals surface area contributed by atoms with E-state index in [2.05, 4.69) is 4.90 Å². The molecule has 5 heteroatoms. The van der Waals surface area contributed by atoms with E-state index < -0.39 is 11.7 Å². The summed E-state index contributed by atoms with van der Waals surface area (Å²) in [6.45, 7) is 1.49. The first-order valence-corrected chi connectivity index (χ1v) is 7.62. The molecule has 2 N–H and O–H groups in total. The number of hydrogen-bond donors (Lipinski definition) is 1. The zero-order chi connectivity index (χ0) is 15.0. The number of halogens is 3. The van der Waals surface area contributed by atoms with Crippen LogP contribution in [-0.4, -0.2) is 24.0 Å². The second-order valence-corrected chi connectivity index (χ2v) is 6.24. The van der Waals surface area contributed by atoms with Gasteiger partial charge in [-0.05, 0) is 49.3 Å². The standard InChI is InChI=1S/C16H21F3N2/c17-16(18,19)13-5-3-12(4-6-13)15(9-20)21(14-7-8-14)10-11-1-2-11/h3-6,11,14-15H,1-2,7-10,20H2. The van der Waals surface area contributed by atoms with Gasteiger partial charge in [-0.2, -0.15) is 13.2 Å². The Kier molecular flexibility index (Phi) is 3.97. The summed E-state index contributed by atoms with van der Waals surface area (Å²) >= 11 is 0. The molecular weight excluding hydrogens is 277 g/mol. The quantitative estimate of drug-likeness (QED) is 0.870. The van der Waals surface area contributed by atoms with E-state index in [1.54, 1.807) is 12.1 Å². The molecule has 21 heavy (non-hydrogen) atoms. The van der Waals surface area contributed by atoms with Gasteiger partial charge in [-0.25, -0.2) is 0 Å². The lowest BCUT2D eigenvalue weighted by molar-refractivity contribution is -0.137. The maximum Gasteiger partial charge on any atom is 0.416 e. The van der Waals surface area contributed by atoms with E-state index in [0.29, 0.717) is 12.6 Å². The molecule has 2 aliphatic rings. The minimum Gasteiger partial charge on any atom is -0.329 e. The largest absolute Gasteiger partial charge is 0.416 e. The fourth-order valence-electron chi connectivity index (χ4n) is 2.89. The van der Waals surface area contributed by atoms with Gasteiger partial charge in [0.05, 0.1) is 5.56 Å². The minimum atomic E-state index is -4.28. The maximum atomic E-state index is 12.6. The van der Waals surface area contributed by atoms with Gasteiger partial charge in [0.25, 0.3) is 0 Å². The van der Waals surface area contributed by atoms with Crippen molar-refractivity contribution in [3.63, 3.8) is 0 Å². The number of benzene rings is 1. The zero-order valence-electron chi connectivity index (χ0n) is 11.9. The Hall–Kier alpha value is -1.07. The summed E-state index contributed by atoms with van der Waals surface area (Å²) < 4.78 is 37.9. The van der Waals surface area contributed by atoms with Gasteiger partial charge in [0.1, 0.15) is 0 Å². The van der Waals surface area contributed by atoms with Crippen LogP contribution in [0.25, 0.3) is 0 Å². The zero-order valence-corrected chi connectivity index (χ0v) is 11.9. The number of nitrogens with two attached hydrogens (primary N) is 1. The van der Waals surface area contributed by atoms with Crippen LogP contribution >= 0.6 is 0 Å². The van der Waals surface area contributed by atoms with Crippen LogP contribution in [0.1, 0.15) is 42.9 Å². The first kappa shape index (κ1) is 14.9. The lowest BCUT2D eigenvalue weighted by atomic mass is 10.0. The molecule has 116 valence electrons. The monoisotopic (exact) mass is 298 g/mol. The van der Waals surface area contributed by atoms with Gasteiger partial charge >= 0.3 is 6.18 Å². The molecule has 0 spiro atoms. The molecule has 1 aromatic carbocycles. The Bertz CT molecular complexity index is 475. The van der Waals surface area contributed by atoms with Crippen molar-refractivity contribution >= 4 is 0 Å². The predicted octanol–water partition coefficient (Wildman–Crippen LogP) is 3.58. The summed E-state index contributed by atoms with van der Waals surface area (Å²) in [5.41, 5.74) is 6.23. The first-order chi connectivity index (χ1) is 9.99. The number of hydrogen-bond acceptors (Lipinski definition) is 2. The van der Waals surface area contributed by atoms with Crippen molar-refractivity contribution in [2.45, 2.75) is 43.9 Å². The molecule has 1 unspecified atom stereocenters. The van der Waals surface area contributed by atoms with E-state index in [0.717, 1.165) is 18.0 Å². The van der Waals surface area contributed by atoms with Crippen LogP contribution in [0, 0.1) is 5.92 Å². The van der Waals surface area contributed by atoms with Gasteiger partial charge in [0.15, 0.2) is 0 Å². The average molecular weight is 298 g/mol. The van der Waals surface area contributed by atoms with Crippen LogP contribution in [0.15, 0.2) is 24.3 Å². The third-order valence-corrected chi connectivity index (χ3v) is 4.43. The van der Waals surface area contributed by atoms with Crippen molar-refractivity contribution in [2.75, 3.05) is 13.1 Å². The van der Waals surface area contributed by atoms with Gasteiger partial charge in [-0.3, -0.25) is 4.90 Å². The molecule has 2 fully saturated rings. The molecule has 0 aromatic heterocycles. The van der Waals surface area contributed by atoms with Gasteiger partial charge < -0.3 is 5.73 Å². The lowest BCUT2D eigenvalue weighted by Crippen LogP contribution is -2.37. The van der Waals surface area contributed by atoms with E-state index in [-0.39, 0.29) is 6.04 Å². The first-order valence-electron chi connectivity index (χ1n) is 7.62. The van der Waals surface area contributed by atoms with Gasteiger partial charge in [0.2, 0.25) is 0 Å². The summed E-state index contributed by atoms with van der Waals surface area (Å²) in [5.74, 6) is 0.758. The summed E-state index contributed by atoms with van der Waals surface area (Å²) in [5, 5.41) is 0. The molecular formula is C16H21F3N2. The fourth-order valence-corrected chi connectivity index (χ4v) is 2.89. The Balaban J connectivity index is 1.77. The average Bonchev–Trinajstić information content (AvgIpc) is 3.31. The van der Waals surface area contributed by atoms with E-state index in [1.165, 1.54) is 37.8 Å². The minimum absolute atomic E-state index is 0.0420. The van der Waals surface area contributed by atoms with E-state index in [4.69, 9.17) is 5.73 Å². The highest BCUT2D eigenvalue weighted by molar-refractivity contribution is 5.27. The van der Waals surface area contributed by atoms with Crippen LogP contribution in [0.5, 0.6) is 0 Å². The summed E-state index contributed by atoms with van der Waals surface area (Å²) in [6, 6.07) is 6.12. The Morgan fingerprint density at radius 2 is 1.71 bits per heavy atom. The van der Waals surface area contributed by atoms with Crippen LogP contribution < -0.4 is 5.73 Å². The van der Waals surface area contributed by atoms with E-state index in [9.17, 15) is 13.2 Å². The van der Waals surface area contributed by atoms with Gasteiger partial charge in [-0.1, -0.05) is 12.1 Å². The topological polar surface area (TPSA) is 29.3 Å². The van der Waals surface area contributed by atoms with Crippen LogP contribution in [0.4, 0.5) is 13.2 Å². The molecule has 0 amide bonds. The molecule has 0 bridgehead atoms. The number of rotatable bonds is 6. The van der Waals surface area contributed by atoms with Crippen LogP contribution in [-0.2, 0) is 6.18 Å². The molecule has 1 atom stereocenters. The smallest absolute Gasteiger partial charge is 0.329 e. The molecule has 0 radical (unpaired) electrons. The highest BCUT2D eigenvalue weighted by Crippen LogP contribution is 2.39. The summed E-state index contributed by atoms with van der Waals surface area (Å²) in [4.78, 5) is 2.42. The molecule has 0 heterocycles. The number of alkyl halides is 3. The SMILES string of the molecule is NCC(c1ccc(C(F)(F)F)cc1)N(CC1CC1)C1CC1. The van der Waals surface area contributed by atoms with Crippen molar-refractivity contribution < 1.29 is 13.2 Å². The molecule has 2 aliphatic carbocycles. The summed E-state index contributed by atoms with van der Waals surface area (Å²) in [7, 11) is 0. The molecule has 3 rings (SSSR count). The van der Waals surface area contributed by atoms with Crippen LogP contribution in [0.2, 0.25) is 0 Å². The highest BCUT2D eigenvalue weighted by atomic mass is 19.4. The second kappa shape index (κ2) is 5.61. The van der Waals surface area contributed by atoms with Crippen molar-refractivity contribution in [3.8, 4) is 0 Å². The molecule has 2 saturated carbocycles. The molecule has 1 aromatic rings. The van der Waals surface area contributed by atoms with Crippen molar-refractivity contribution in [1.29, 1.82) is 0 Å². The van der Waals surface area contributed by atoms with E-state index >= 15 is 0 Å². The van der Waals surface area contributed by atoms with Gasteiger partial charge in [0, 0.05) is 25.2 Å². The predicted molar refractivity (Wildman–Crippen MR) is 75.7 cm³/mol. The maximum absolute atomic E-state index is 12.6. The fraction of sp³-hybridized carbons (Fsp3) is 0.625. The van der Waals surface area contributed by atoms with Crippen molar-refractivity contribution in [1.82, 2.24) is 4.90 Å². The molecule has 0 saturated heterocycles. The Labute approximate surface area is 123 Å². The third-order valence-electron chi connectivity index (χ3n) is 4.43. The van der Waals surface area contributed by atoms with Crippen molar-refractivity contribution in [3.05, 3.63) is 35.4 Å². The van der Waals surface area contributed by atoms with Crippen molar-refractivity contribution in [2.24, 2.45) is 11.7 Å². The highest BCUT2D eigenvalue weighted by Gasteiger charge is 2.38. The number of nitrogens with zero attached hydrogens (tertiary/aromatic N) is 1. The second-order valence-electron chi connectivity index (χ2n) is 6.24. The normalized spacial score (nSPS) is 20.8. The lowest BCUT2D eigenvalue weighted by Gasteiger charge is -2.31.